The summed E-state index contributed by atoms with van der Waals surface area (Å²) in [6.07, 6.45) is 5.10. The maximum atomic E-state index is 11.7. The van der Waals surface area contributed by atoms with E-state index < -0.39 is 0 Å². The molecule has 20 heavy (non-hydrogen) atoms. The molecule has 1 aromatic rings. The minimum Gasteiger partial charge on any atom is -0.356 e. The number of carbonyl (C=O) groups excluding carboxylic acids is 2. The van der Waals surface area contributed by atoms with Crippen LogP contribution in [0.25, 0.3) is 0 Å². The number of thiazole rings is 1. The highest BCUT2D eigenvalue weighted by molar-refractivity contribution is 7.14. The van der Waals surface area contributed by atoms with E-state index in [0.717, 1.165) is 49.6 Å². The second-order valence-electron chi connectivity index (χ2n) is 5.00. The van der Waals surface area contributed by atoms with Gasteiger partial charge >= 0.3 is 0 Å². The number of hydrogen-bond acceptors (Lipinski definition) is 4. The number of anilines is 1. The van der Waals surface area contributed by atoms with Gasteiger partial charge in [-0.3, -0.25) is 14.5 Å². The molecular formula is C14H21N3O2S. The Morgan fingerprint density at radius 2 is 2.35 bits per heavy atom. The standard InChI is InChI=1S/C14H21N3O2S/c1-2-3-4-7-15-12(18)9-11-10-20-14(16-11)17-8-5-6-13(17)19/h10H,2-9H2,1H3,(H,15,18). The van der Waals surface area contributed by atoms with Crippen molar-refractivity contribution in [3.63, 3.8) is 0 Å². The Balaban J connectivity index is 1.80. The summed E-state index contributed by atoms with van der Waals surface area (Å²) >= 11 is 1.44. The van der Waals surface area contributed by atoms with Gasteiger partial charge in [0.05, 0.1) is 12.1 Å². The van der Waals surface area contributed by atoms with Crippen LogP contribution in [0.2, 0.25) is 0 Å². The van der Waals surface area contributed by atoms with E-state index in [1.165, 1.54) is 11.3 Å². The fourth-order valence-electron chi connectivity index (χ4n) is 2.18. The van der Waals surface area contributed by atoms with Gasteiger partial charge in [0.1, 0.15) is 0 Å². The summed E-state index contributed by atoms with van der Waals surface area (Å²) in [4.78, 5) is 29.5. The quantitative estimate of drug-likeness (QED) is 0.784. The van der Waals surface area contributed by atoms with Crippen LogP contribution in [0, 0.1) is 0 Å². The van der Waals surface area contributed by atoms with Crippen LogP contribution < -0.4 is 10.2 Å². The van der Waals surface area contributed by atoms with Gasteiger partial charge in [0.25, 0.3) is 0 Å². The van der Waals surface area contributed by atoms with Crippen LogP contribution in [0.3, 0.4) is 0 Å². The minimum absolute atomic E-state index is 0.00528. The molecule has 2 heterocycles. The molecule has 2 rings (SSSR count). The predicted octanol–water partition coefficient (Wildman–Crippen LogP) is 2.12. The third-order valence-corrected chi connectivity index (χ3v) is 4.20. The first kappa shape index (κ1) is 15.0. The van der Waals surface area contributed by atoms with Crippen molar-refractivity contribution in [2.45, 2.75) is 45.4 Å². The summed E-state index contributed by atoms with van der Waals surface area (Å²) < 4.78 is 0. The van der Waals surface area contributed by atoms with E-state index in [1.807, 2.05) is 5.38 Å². The van der Waals surface area contributed by atoms with Gasteiger partial charge in [0, 0.05) is 24.9 Å². The fourth-order valence-corrected chi connectivity index (χ4v) is 3.05. The van der Waals surface area contributed by atoms with Crippen molar-refractivity contribution >= 4 is 28.3 Å². The zero-order valence-corrected chi connectivity index (χ0v) is 12.7. The maximum absolute atomic E-state index is 11.7. The van der Waals surface area contributed by atoms with Crippen molar-refractivity contribution in [2.24, 2.45) is 0 Å². The highest BCUT2D eigenvalue weighted by Crippen LogP contribution is 2.25. The summed E-state index contributed by atoms with van der Waals surface area (Å²) in [7, 11) is 0. The minimum atomic E-state index is 0.00528. The van der Waals surface area contributed by atoms with Crippen LogP contribution in [-0.4, -0.2) is 29.9 Å². The molecule has 0 aromatic carbocycles. The number of amides is 2. The molecule has 0 spiro atoms. The molecule has 0 aliphatic carbocycles. The molecule has 1 aliphatic rings. The van der Waals surface area contributed by atoms with E-state index in [9.17, 15) is 9.59 Å². The van der Waals surface area contributed by atoms with E-state index in [1.54, 1.807) is 4.90 Å². The average Bonchev–Trinajstić information content (AvgIpc) is 3.03. The number of carbonyl (C=O) groups is 2. The summed E-state index contributed by atoms with van der Waals surface area (Å²) in [6.45, 7) is 3.61. The molecule has 0 saturated carbocycles. The van der Waals surface area contributed by atoms with Crippen molar-refractivity contribution in [1.29, 1.82) is 0 Å². The lowest BCUT2D eigenvalue weighted by molar-refractivity contribution is -0.120. The van der Waals surface area contributed by atoms with Gasteiger partial charge in [0.15, 0.2) is 5.13 Å². The Hall–Kier alpha value is -1.43. The van der Waals surface area contributed by atoms with Crippen LogP contribution in [0.15, 0.2) is 5.38 Å². The monoisotopic (exact) mass is 295 g/mol. The highest BCUT2D eigenvalue weighted by atomic mass is 32.1. The largest absolute Gasteiger partial charge is 0.356 e. The molecule has 1 saturated heterocycles. The second-order valence-corrected chi connectivity index (χ2v) is 5.84. The first-order valence-electron chi connectivity index (χ1n) is 7.22. The molecular weight excluding hydrogens is 274 g/mol. The van der Waals surface area contributed by atoms with Crippen molar-refractivity contribution in [1.82, 2.24) is 10.3 Å². The maximum Gasteiger partial charge on any atom is 0.228 e. The van der Waals surface area contributed by atoms with E-state index in [2.05, 4.69) is 17.2 Å². The molecule has 0 bridgehead atoms. The summed E-state index contributed by atoms with van der Waals surface area (Å²) in [5.74, 6) is 0.139. The van der Waals surface area contributed by atoms with Crippen molar-refractivity contribution in [2.75, 3.05) is 18.0 Å². The van der Waals surface area contributed by atoms with Crippen LogP contribution in [-0.2, 0) is 16.0 Å². The van der Waals surface area contributed by atoms with Crippen LogP contribution in [0.1, 0.15) is 44.7 Å². The highest BCUT2D eigenvalue weighted by Gasteiger charge is 2.24. The number of nitrogens with zero attached hydrogens (tertiary/aromatic N) is 2. The van der Waals surface area contributed by atoms with E-state index in [0.29, 0.717) is 12.8 Å². The van der Waals surface area contributed by atoms with Gasteiger partial charge < -0.3 is 5.32 Å². The van der Waals surface area contributed by atoms with Gasteiger partial charge in [-0.1, -0.05) is 19.8 Å². The number of nitrogens with one attached hydrogen (secondary N) is 1. The van der Waals surface area contributed by atoms with Gasteiger partial charge in [-0.2, -0.15) is 0 Å². The first-order chi connectivity index (χ1) is 9.70. The molecule has 1 aromatic heterocycles. The van der Waals surface area contributed by atoms with Gasteiger partial charge in [-0.05, 0) is 12.8 Å². The molecule has 110 valence electrons. The SMILES string of the molecule is CCCCCNC(=O)Cc1csc(N2CCCC2=O)n1. The van der Waals surface area contributed by atoms with Crippen molar-refractivity contribution in [3.05, 3.63) is 11.1 Å². The topological polar surface area (TPSA) is 62.3 Å². The van der Waals surface area contributed by atoms with Gasteiger partial charge in [0.2, 0.25) is 11.8 Å². The number of hydrogen-bond donors (Lipinski definition) is 1. The van der Waals surface area contributed by atoms with Crippen molar-refractivity contribution in [3.8, 4) is 0 Å². The van der Waals surface area contributed by atoms with Gasteiger partial charge in [-0.15, -0.1) is 11.3 Å². The molecule has 6 heteroatoms. The van der Waals surface area contributed by atoms with Crippen LogP contribution in [0.5, 0.6) is 0 Å². The third kappa shape index (κ3) is 4.03. The zero-order valence-electron chi connectivity index (χ0n) is 11.9. The Morgan fingerprint density at radius 3 is 3.05 bits per heavy atom. The number of aromatic nitrogens is 1. The summed E-state index contributed by atoms with van der Waals surface area (Å²) in [5, 5.41) is 5.49. The third-order valence-electron chi connectivity index (χ3n) is 3.29. The number of unbranched alkanes of at least 4 members (excludes halogenated alkanes) is 2. The molecule has 1 N–H and O–H groups in total. The van der Waals surface area contributed by atoms with Gasteiger partial charge in [-0.25, -0.2) is 4.98 Å². The van der Waals surface area contributed by atoms with E-state index in [-0.39, 0.29) is 11.8 Å². The average molecular weight is 295 g/mol. The van der Waals surface area contributed by atoms with Crippen LogP contribution >= 0.6 is 11.3 Å². The first-order valence-corrected chi connectivity index (χ1v) is 8.10. The lowest BCUT2D eigenvalue weighted by Crippen LogP contribution is -2.26. The molecule has 5 nitrogen and oxygen atoms in total. The molecule has 1 fully saturated rings. The smallest absolute Gasteiger partial charge is 0.228 e. The zero-order chi connectivity index (χ0) is 14.4. The van der Waals surface area contributed by atoms with E-state index >= 15 is 0 Å². The molecule has 1 aliphatic heterocycles. The Kier molecular flexibility index (Phi) is 5.52. The molecule has 0 unspecified atom stereocenters. The fraction of sp³-hybridized carbons (Fsp3) is 0.643. The molecule has 0 atom stereocenters. The predicted molar refractivity (Wildman–Crippen MR) is 79.9 cm³/mol. The number of rotatable bonds is 7. The van der Waals surface area contributed by atoms with Crippen molar-refractivity contribution < 1.29 is 9.59 Å². The second kappa shape index (κ2) is 7.38. The van der Waals surface area contributed by atoms with Crippen LogP contribution in [0.4, 0.5) is 5.13 Å². The summed E-state index contributed by atoms with van der Waals surface area (Å²) in [5.41, 5.74) is 0.748. The lowest BCUT2D eigenvalue weighted by Gasteiger charge is -2.10. The Labute approximate surface area is 123 Å². The lowest BCUT2D eigenvalue weighted by atomic mass is 10.2. The Bertz CT molecular complexity index is 473. The molecule has 0 radical (unpaired) electrons. The normalized spacial score (nSPS) is 14.8. The summed E-state index contributed by atoms with van der Waals surface area (Å²) in [6, 6.07) is 0. The molecule has 2 amide bonds. The van der Waals surface area contributed by atoms with E-state index in [4.69, 9.17) is 0 Å². The Morgan fingerprint density at radius 1 is 1.50 bits per heavy atom.